The Balaban J connectivity index is 1.95. The molecule has 22 heavy (non-hydrogen) atoms. The lowest BCUT2D eigenvalue weighted by Crippen LogP contribution is -2.31. The zero-order valence-electron chi connectivity index (χ0n) is 12.5. The summed E-state index contributed by atoms with van der Waals surface area (Å²) in [5, 5.41) is 18.2. The van der Waals surface area contributed by atoms with E-state index in [0.717, 1.165) is 16.7 Å². The van der Waals surface area contributed by atoms with Crippen LogP contribution in [0.25, 0.3) is 0 Å². The van der Waals surface area contributed by atoms with Crippen molar-refractivity contribution in [2.45, 2.75) is 19.4 Å². The number of hydrogen-bond donors (Lipinski definition) is 2. The van der Waals surface area contributed by atoms with Crippen LogP contribution >= 0.6 is 0 Å². The molecule has 0 aromatic heterocycles. The van der Waals surface area contributed by atoms with Crippen molar-refractivity contribution in [2.24, 2.45) is 0 Å². The van der Waals surface area contributed by atoms with Gasteiger partial charge in [-0.25, -0.2) is 4.79 Å². The molecular weight excluding hydrogens is 278 g/mol. The van der Waals surface area contributed by atoms with Crippen LogP contribution in [-0.4, -0.2) is 34.4 Å². The molecule has 2 rings (SSSR count). The van der Waals surface area contributed by atoms with Gasteiger partial charge in [0.25, 0.3) is 0 Å². The molecule has 4 heteroatoms. The van der Waals surface area contributed by atoms with Crippen LogP contribution in [0.2, 0.25) is 0 Å². The maximum atomic E-state index is 11.4. The second-order valence-corrected chi connectivity index (χ2v) is 5.23. The SMILES string of the molecule is O=C(O)N(CCc1ccccc1)Cc1ccc(CCO)cc1. The van der Waals surface area contributed by atoms with E-state index in [2.05, 4.69) is 0 Å². The van der Waals surface area contributed by atoms with Gasteiger partial charge in [-0.15, -0.1) is 0 Å². The standard InChI is InChI=1S/C18H21NO3/c20-13-11-16-6-8-17(9-7-16)14-19(18(21)22)12-10-15-4-2-1-3-5-15/h1-9,20H,10-14H2,(H,21,22). The van der Waals surface area contributed by atoms with Crippen molar-refractivity contribution in [1.82, 2.24) is 4.90 Å². The number of benzene rings is 2. The second kappa shape index (κ2) is 8.20. The third-order valence-electron chi connectivity index (χ3n) is 3.58. The molecule has 0 spiro atoms. The molecule has 0 atom stereocenters. The number of hydrogen-bond acceptors (Lipinski definition) is 2. The van der Waals surface area contributed by atoms with Gasteiger partial charge in [-0.2, -0.15) is 0 Å². The topological polar surface area (TPSA) is 60.8 Å². The molecule has 0 saturated heterocycles. The van der Waals surface area contributed by atoms with Crippen molar-refractivity contribution in [2.75, 3.05) is 13.2 Å². The number of carboxylic acid groups (broad SMARTS) is 1. The fourth-order valence-corrected chi connectivity index (χ4v) is 2.31. The molecule has 0 bridgehead atoms. The van der Waals surface area contributed by atoms with Crippen molar-refractivity contribution < 1.29 is 15.0 Å². The lowest BCUT2D eigenvalue weighted by molar-refractivity contribution is 0.143. The van der Waals surface area contributed by atoms with E-state index in [-0.39, 0.29) is 6.61 Å². The summed E-state index contributed by atoms with van der Waals surface area (Å²) in [5.41, 5.74) is 3.14. The van der Waals surface area contributed by atoms with Crippen LogP contribution < -0.4 is 0 Å². The fraction of sp³-hybridized carbons (Fsp3) is 0.278. The number of amides is 1. The van der Waals surface area contributed by atoms with Gasteiger partial charge < -0.3 is 15.1 Å². The molecule has 0 radical (unpaired) electrons. The first-order valence-electron chi connectivity index (χ1n) is 7.39. The lowest BCUT2D eigenvalue weighted by atomic mass is 10.1. The normalized spacial score (nSPS) is 10.4. The van der Waals surface area contributed by atoms with E-state index in [4.69, 9.17) is 5.11 Å². The predicted molar refractivity (Wildman–Crippen MR) is 85.8 cm³/mol. The zero-order valence-corrected chi connectivity index (χ0v) is 12.5. The molecule has 0 aliphatic carbocycles. The Morgan fingerprint density at radius 2 is 1.45 bits per heavy atom. The van der Waals surface area contributed by atoms with Gasteiger partial charge in [-0.3, -0.25) is 0 Å². The van der Waals surface area contributed by atoms with E-state index < -0.39 is 6.09 Å². The molecule has 2 N–H and O–H groups in total. The van der Waals surface area contributed by atoms with Crippen molar-refractivity contribution in [1.29, 1.82) is 0 Å². The first-order chi connectivity index (χ1) is 10.7. The smallest absolute Gasteiger partial charge is 0.407 e. The third kappa shape index (κ3) is 4.90. The molecule has 116 valence electrons. The Morgan fingerprint density at radius 1 is 0.864 bits per heavy atom. The van der Waals surface area contributed by atoms with Gasteiger partial charge in [0.2, 0.25) is 0 Å². The van der Waals surface area contributed by atoms with E-state index in [9.17, 15) is 9.90 Å². The van der Waals surface area contributed by atoms with Gasteiger partial charge >= 0.3 is 6.09 Å². The zero-order chi connectivity index (χ0) is 15.8. The van der Waals surface area contributed by atoms with Gasteiger partial charge in [0.15, 0.2) is 0 Å². The summed E-state index contributed by atoms with van der Waals surface area (Å²) in [6.07, 6.45) is 0.419. The Bertz CT molecular complexity index is 581. The van der Waals surface area contributed by atoms with Crippen LogP contribution in [-0.2, 0) is 19.4 Å². The van der Waals surface area contributed by atoms with Crippen molar-refractivity contribution in [3.8, 4) is 0 Å². The van der Waals surface area contributed by atoms with Gasteiger partial charge in [-0.05, 0) is 29.5 Å². The Labute approximate surface area is 130 Å². The van der Waals surface area contributed by atoms with Crippen LogP contribution in [0, 0.1) is 0 Å². The molecule has 0 unspecified atom stereocenters. The second-order valence-electron chi connectivity index (χ2n) is 5.23. The number of aliphatic hydroxyl groups is 1. The largest absolute Gasteiger partial charge is 0.465 e. The third-order valence-corrected chi connectivity index (χ3v) is 3.58. The average Bonchev–Trinajstić information content (AvgIpc) is 2.54. The molecule has 2 aromatic carbocycles. The summed E-state index contributed by atoms with van der Waals surface area (Å²) in [6.45, 7) is 0.969. The first-order valence-corrected chi connectivity index (χ1v) is 7.39. The van der Waals surface area contributed by atoms with Crippen LogP contribution in [0.5, 0.6) is 0 Å². The molecule has 0 heterocycles. The summed E-state index contributed by atoms with van der Waals surface area (Å²) in [5.74, 6) is 0. The minimum atomic E-state index is -0.907. The molecule has 0 fully saturated rings. The minimum absolute atomic E-state index is 0.123. The summed E-state index contributed by atoms with van der Waals surface area (Å²) >= 11 is 0. The van der Waals surface area contributed by atoms with E-state index in [0.29, 0.717) is 25.9 Å². The minimum Gasteiger partial charge on any atom is -0.465 e. The number of nitrogens with zero attached hydrogens (tertiary/aromatic N) is 1. The molecule has 1 amide bonds. The monoisotopic (exact) mass is 299 g/mol. The molecule has 0 aliphatic rings. The summed E-state index contributed by atoms with van der Waals surface area (Å²) in [6, 6.07) is 17.6. The molecule has 0 aliphatic heterocycles. The Kier molecular flexibility index (Phi) is 5.98. The predicted octanol–water partition coefficient (Wildman–Crippen LogP) is 2.94. The molecule has 0 saturated carbocycles. The summed E-state index contributed by atoms with van der Waals surface area (Å²) in [7, 11) is 0. The van der Waals surface area contributed by atoms with Crippen LogP contribution in [0.4, 0.5) is 4.79 Å². The van der Waals surface area contributed by atoms with Crippen molar-refractivity contribution in [3.05, 3.63) is 71.3 Å². The van der Waals surface area contributed by atoms with Crippen LogP contribution in [0.3, 0.4) is 0 Å². The first kappa shape index (κ1) is 16.0. The maximum absolute atomic E-state index is 11.4. The van der Waals surface area contributed by atoms with E-state index in [1.54, 1.807) is 0 Å². The van der Waals surface area contributed by atoms with E-state index in [1.165, 1.54) is 4.90 Å². The van der Waals surface area contributed by atoms with E-state index >= 15 is 0 Å². The van der Waals surface area contributed by atoms with Crippen LogP contribution in [0.1, 0.15) is 16.7 Å². The fourth-order valence-electron chi connectivity index (χ4n) is 2.31. The number of aliphatic hydroxyl groups excluding tert-OH is 1. The lowest BCUT2D eigenvalue weighted by Gasteiger charge is -2.19. The van der Waals surface area contributed by atoms with Crippen molar-refractivity contribution >= 4 is 6.09 Å². The number of rotatable bonds is 7. The van der Waals surface area contributed by atoms with E-state index in [1.807, 2.05) is 54.6 Å². The van der Waals surface area contributed by atoms with Gasteiger partial charge in [0.05, 0.1) is 0 Å². The number of carbonyl (C=O) groups is 1. The highest BCUT2D eigenvalue weighted by molar-refractivity contribution is 5.65. The molecule has 4 nitrogen and oxygen atoms in total. The molecular formula is C18H21NO3. The van der Waals surface area contributed by atoms with Gasteiger partial charge in [-0.1, -0.05) is 54.6 Å². The van der Waals surface area contributed by atoms with Crippen molar-refractivity contribution in [3.63, 3.8) is 0 Å². The quantitative estimate of drug-likeness (QED) is 0.826. The van der Waals surface area contributed by atoms with Gasteiger partial charge in [0, 0.05) is 19.7 Å². The summed E-state index contributed by atoms with van der Waals surface area (Å²) in [4.78, 5) is 12.8. The Hall–Kier alpha value is -2.33. The summed E-state index contributed by atoms with van der Waals surface area (Å²) < 4.78 is 0. The highest BCUT2D eigenvalue weighted by Gasteiger charge is 2.12. The molecule has 2 aromatic rings. The highest BCUT2D eigenvalue weighted by Crippen LogP contribution is 2.10. The van der Waals surface area contributed by atoms with Gasteiger partial charge in [0.1, 0.15) is 0 Å². The van der Waals surface area contributed by atoms with Crippen LogP contribution in [0.15, 0.2) is 54.6 Å². The average molecular weight is 299 g/mol. The Morgan fingerprint density at radius 3 is 2.05 bits per heavy atom. The highest BCUT2D eigenvalue weighted by atomic mass is 16.4. The maximum Gasteiger partial charge on any atom is 0.407 e.